The lowest BCUT2D eigenvalue weighted by Gasteiger charge is -2.28. The van der Waals surface area contributed by atoms with Gasteiger partial charge in [-0.15, -0.1) is 0 Å². The quantitative estimate of drug-likeness (QED) is 0.0198. The second kappa shape index (κ2) is 37.1. The molecule has 0 aliphatic rings. The Bertz CT molecular complexity index is 980. The van der Waals surface area contributed by atoms with Crippen molar-refractivity contribution in [2.45, 2.75) is 200 Å². The fraction of sp³-hybridized carbons (Fsp3) is 0.864. The number of esters is 2. The van der Waals surface area contributed by atoms with Crippen LogP contribution < -0.4 is 4.89 Å². The van der Waals surface area contributed by atoms with Crippen LogP contribution in [0.3, 0.4) is 0 Å². The van der Waals surface area contributed by atoms with E-state index in [1.54, 1.807) is 0 Å². The molecule has 10 heteroatoms. The van der Waals surface area contributed by atoms with Crippen molar-refractivity contribution < 1.29 is 42.1 Å². The van der Waals surface area contributed by atoms with Gasteiger partial charge in [0.05, 0.1) is 27.7 Å². The van der Waals surface area contributed by atoms with E-state index in [9.17, 15) is 19.0 Å². The maximum Gasteiger partial charge on any atom is 0.306 e. The maximum absolute atomic E-state index is 12.7. The molecule has 0 radical (unpaired) electrons. The van der Waals surface area contributed by atoms with Crippen LogP contribution >= 0.6 is 7.82 Å². The summed E-state index contributed by atoms with van der Waals surface area (Å²) in [5, 5.41) is 0. The molecular formula is C44H84NO8P. The highest BCUT2D eigenvalue weighted by Crippen LogP contribution is 2.38. The van der Waals surface area contributed by atoms with Crippen molar-refractivity contribution in [1.82, 2.24) is 0 Å². The number of carbonyl (C=O) groups is 2. The van der Waals surface area contributed by atoms with Crippen molar-refractivity contribution in [3.8, 4) is 0 Å². The zero-order valence-electron chi connectivity index (χ0n) is 35.7. The molecule has 0 spiro atoms. The molecule has 0 saturated heterocycles. The molecule has 0 aromatic carbocycles. The average molecular weight is 786 g/mol. The zero-order chi connectivity index (χ0) is 40.0. The summed E-state index contributed by atoms with van der Waals surface area (Å²) in [5.41, 5.74) is 0. The van der Waals surface area contributed by atoms with Crippen LogP contribution in [0.5, 0.6) is 0 Å². The molecule has 0 bridgehead atoms. The van der Waals surface area contributed by atoms with Crippen LogP contribution in [-0.2, 0) is 32.7 Å². The van der Waals surface area contributed by atoms with Crippen LogP contribution in [0.25, 0.3) is 0 Å². The Morgan fingerprint density at radius 3 is 1.50 bits per heavy atom. The molecule has 0 aliphatic heterocycles. The predicted molar refractivity (Wildman–Crippen MR) is 222 cm³/mol. The summed E-state index contributed by atoms with van der Waals surface area (Å²) in [6.45, 7) is 4.20. The van der Waals surface area contributed by atoms with Gasteiger partial charge in [0.1, 0.15) is 19.8 Å². The Hall–Kier alpha value is -1.51. The number of phosphoric ester groups is 1. The smallest absolute Gasteiger partial charge is 0.306 e. The van der Waals surface area contributed by atoms with Gasteiger partial charge in [-0.2, -0.15) is 0 Å². The number of nitrogens with zero attached hydrogens (tertiary/aromatic N) is 1. The van der Waals surface area contributed by atoms with Crippen LogP contribution in [0, 0.1) is 0 Å². The van der Waals surface area contributed by atoms with Crippen molar-refractivity contribution in [2.75, 3.05) is 47.5 Å². The molecule has 2 atom stereocenters. The number of hydrogen-bond donors (Lipinski definition) is 0. The topological polar surface area (TPSA) is 111 Å². The molecular weight excluding hydrogens is 701 g/mol. The number of carbonyl (C=O) groups excluding carboxylic acids is 2. The molecule has 0 amide bonds. The monoisotopic (exact) mass is 786 g/mol. The van der Waals surface area contributed by atoms with E-state index in [4.69, 9.17) is 18.5 Å². The van der Waals surface area contributed by atoms with Crippen LogP contribution in [0.1, 0.15) is 194 Å². The van der Waals surface area contributed by atoms with E-state index in [0.717, 1.165) is 57.8 Å². The number of quaternary nitrogens is 1. The second-order valence-corrected chi connectivity index (χ2v) is 17.5. The minimum Gasteiger partial charge on any atom is -0.756 e. The second-order valence-electron chi connectivity index (χ2n) is 16.1. The number of likely N-dealkylation sites (N-methyl/N-ethyl adjacent to an activating group) is 1. The van der Waals surface area contributed by atoms with Gasteiger partial charge in [-0.05, 0) is 44.9 Å². The van der Waals surface area contributed by atoms with Gasteiger partial charge in [0.25, 0.3) is 7.82 Å². The Morgan fingerprint density at radius 1 is 0.574 bits per heavy atom. The summed E-state index contributed by atoms with van der Waals surface area (Å²) >= 11 is 0. The average Bonchev–Trinajstić information content (AvgIpc) is 3.12. The Labute approximate surface area is 332 Å². The summed E-state index contributed by atoms with van der Waals surface area (Å²) < 4.78 is 33.9. The summed E-state index contributed by atoms with van der Waals surface area (Å²) in [4.78, 5) is 37.5. The molecule has 0 fully saturated rings. The largest absolute Gasteiger partial charge is 0.756 e. The van der Waals surface area contributed by atoms with Gasteiger partial charge in [0.2, 0.25) is 0 Å². The van der Waals surface area contributed by atoms with Crippen molar-refractivity contribution in [1.29, 1.82) is 0 Å². The molecule has 0 N–H and O–H groups in total. The number of phosphoric acid groups is 1. The van der Waals surface area contributed by atoms with Crippen LogP contribution in [0.4, 0.5) is 0 Å². The third kappa shape index (κ3) is 40.2. The lowest BCUT2D eigenvalue weighted by molar-refractivity contribution is -0.870. The molecule has 0 heterocycles. The van der Waals surface area contributed by atoms with Gasteiger partial charge < -0.3 is 27.9 Å². The molecule has 0 aliphatic carbocycles. The number of allylic oxidation sites excluding steroid dienone is 4. The molecule has 9 nitrogen and oxygen atoms in total. The van der Waals surface area contributed by atoms with Crippen molar-refractivity contribution >= 4 is 19.8 Å². The number of hydrogen-bond acceptors (Lipinski definition) is 8. The van der Waals surface area contributed by atoms with E-state index in [-0.39, 0.29) is 32.0 Å². The van der Waals surface area contributed by atoms with Crippen molar-refractivity contribution in [3.05, 3.63) is 24.3 Å². The molecule has 318 valence electrons. The summed E-state index contributed by atoms with van der Waals surface area (Å²) in [6.07, 6.45) is 39.1. The van der Waals surface area contributed by atoms with E-state index in [1.165, 1.54) is 103 Å². The first kappa shape index (κ1) is 52.5. The molecule has 0 saturated carbocycles. The van der Waals surface area contributed by atoms with Crippen molar-refractivity contribution in [3.63, 3.8) is 0 Å². The first-order valence-corrected chi connectivity index (χ1v) is 23.5. The Kier molecular flexibility index (Phi) is 36.1. The molecule has 54 heavy (non-hydrogen) atoms. The Morgan fingerprint density at radius 2 is 1.00 bits per heavy atom. The molecule has 0 aromatic rings. The lowest BCUT2D eigenvalue weighted by Crippen LogP contribution is -2.37. The van der Waals surface area contributed by atoms with Gasteiger partial charge in [0.15, 0.2) is 6.10 Å². The molecule has 0 aromatic heterocycles. The van der Waals surface area contributed by atoms with Crippen molar-refractivity contribution in [2.24, 2.45) is 0 Å². The highest BCUT2D eigenvalue weighted by atomic mass is 31.2. The normalized spacial score (nSPS) is 13.8. The third-order valence-electron chi connectivity index (χ3n) is 9.47. The lowest BCUT2D eigenvalue weighted by atomic mass is 10.0. The molecule has 1 unspecified atom stereocenters. The van der Waals surface area contributed by atoms with E-state index in [0.29, 0.717) is 17.4 Å². The first-order valence-electron chi connectivity index (χ1n) is 22.0. The standard InChI is InChI=1S/C44H84NO8P/c1-6-8-10-12-14-16-18-20-22-24-26-28-30-32-34-36-43(46)50-40-42(41-52-54(48,49)51-39-38-45(3,4)5)53-44(47)37-35-33-31-29-27-25-23-21-19-17-15-13-11-9-7-2/h15,17,21,23,42H,6-14,16,18-20,22,24-41H2,1-5H3/b17-15+,23-21+/t42-/m1/s1. The predicted octanol–water partition coefficient (Wildman–Crippen LogP) is 11.7. The zero-order valence-corrected chi connectivity index (χ0v) is 36.6. The van der Waals surface area contributed by atoms with Crippen LogP contribution in [-0.4, -0.2) is 70.0 Å². The highest BCUT2D eigenvalue weighted by molar-refractivity contribution is 7.45. The van der Waals surface area contributed by atoms with Gasteiger partial charge in [0, 0.05) is 12.8 Å². The van der Waals surface area contributed by atoms with E-state index in [2.05, 4.69) is 38.2 Å². The summed E-state index contributed by atoms with van der Waals surface area (Å²) in [5.74, 6) is -0.844. The highest BCUT2D eigenvalue weighted by Gasteiger charge is 2.21. The summed E-state index contributed by atoms with van der Waals surface area (Å²) in [6, 6.07) is 0. The van der Waals surface area contributed by atoms with Gasteiger partial charge in [-0.25, -0.2) is 0 Å². The van der Waals surface area contributed by atoms with Gasteiger partial charge in [-0.1, -0.05) is 160 Å². The van der Waals surface area contributed by atoms with E-state index in [1.807, 2.05) is 21.1 Å². The third-order valence-corrected chi connectivity index (χ3v) is 10.4. The fourth-order valence-corrected chi connectivity index (χ4v) is 6.71. The van der Waals surface area contributed by atoms with Crippen LogP contribution in [0.2, 0.25) is 0 Å². The minimum atomic E-state index is -4.62. The van der Waals surface area contributed by atoms with E-state index < -0.39 is 26.5 Å². The number of unbranched alkanes of at least 4 members (excludes halogenated alkanes) is 22. The van der Waals surface area contributed by atoms with E-state index >= 15 is 0 Å². The fourth-order valence-electron chi connectivity index (χ4n) is 5.98. The van der Waals surface area contributed by atoms with Crippen LogP contribution in [0.15, 0.2) is 24.3 Å². The van der Waals surface area contributed by atoms with Gasteiger partial charge in [-0.3, -0.25) is 14.2 Å². The first-order chi connectivity index (χ1) is 26.0. The Balaban J connectivity index is 4.37. The minimum absolute atomic E-state index is 0.0319. The SMILES string of the molecule is CCCCC/C=C/C/C=C/CCCCCCCC(=O)O[C@H](COC(=O)CCCCCCCCCCCCCCCCC)COP(=O)([O-])OCC[N+](C)(C)C. The maximum atomic E-state index is 12.7. The van der Waals surface area contributed by atoms with Gasteiger partial charge >= 0.3 is 11.9 Å². The molecule has 0 rings (SSSR count). The number of rotatable bonds is 40. The number of ether oxygens (including phenoxy) is 2. The summed E-state index contributed by atoms with van der Waals surface area (Å²) in [7, 11) is 1.16.